The van der Waals surface area contributed by atoms with E-state index in [0.29, 0.717) is 6.61 Å². The van der Waals surface area contributed by atoms with Gasteiger partial charge in [0.2, 0.25) is 0 Å². The van der Waals surface area contributed by atoms with Crippen molar-refractivity contribution in [2.24, 2.45) is 0 Å². The van der Waals surface area contributed by atoms with Gasteiger partial charge in [0.1, 0.15) is 0 Å². The van der Waals surface area contributed by atoms with Gasteiger partial charge in [-0.15, -0.1) is 0 Å². The minimum atomic E-state index is 0.508. The SMILES string of the molecule is BOOOCC. The molecular weight excluding hydrogens is 82.8 g/mol. The van der Waals surface area contributed by atoms with E-state index in [9.17, 15) is 0 Å². The quantitative estimate of drug-likeness (QED) is 0.201. The van der Waals surface area contributed by atoms with E-state index in [1.165, 1.54) is 8.05 Å². The molecule has 0 aromatic heterocycles. The lowest BCUT2D eigenvalue weighted by Crippen LogP contribution is -1.90. The monoisotopic (exact) mass is 90.0 g/mol. The van der Waals surface area contributed by atoms with Crippen LogP contribution in [-0.2, 0) is 14.7 Å². The van der Waals surface area contributed by atoms with Gasteiger partial charge in [-0.1, -0.05) is 5.04 Å². The third-order valence-corrected chi connectivity index (χ3v) is 0.234. The Morgan fingerprint density at radius 3 is 2.50 bits per heavy atom. The molecule has 36 valence electrons. The molecule has 0 N–H and O–H groups in total. The molecule has 0 rings (SSSR count). The first-order chi connectivity index (χ1) is 2.91. The topological polar surface area (TPSA) is 27.7 Å². The number of rotatable bonds is 3. The van der Waals surface area contributed by atoms with Crippen LogP contribution < -0.4 is 0 Å². The molecule has 0 aromatic carbocycles. The second-order valence-corrected chi connectivity index (χ2v) is 0.641. The summed E-state index contributed by atoms with van der Waals surface area (Å²) in [6.07, 6.45) is 0. The van der Waals surface area contributed by atoms with Crippen molar-refractivity contribution < 1.29 is 14.7 Å². The zero-order chi connectivity index (χ0) is 4.83. The third kappa shape index (κ3) is 3.94. The second kappa shape index (κ2) is 4.94. The maximum Gasteiger partial charge on any atom is 0.310 e. The maximum atomic E-state index is 4.26. The van der Waals surface area contributed by atoms with Crippen molar-refractivity contribution in [3.8, 4) is 0 Å². The van der Waals surface area contributed by atoms with Crippen LogP contribution in [0.25, 0.3) is 0 Å². The standard InChI is InChI=1S/C2H7BO3/c1-2-4-6-5-3/h2-3H2,1H3. The fourth-order valence-electron chi connectivity index (χ4n) is 0.0962. The Balaban J connectivity index is 2.34. The van der Waals surface area contributed by atoms with E-state index < -0.39 is 0 Å². The summed E-state index contributed by atoms with van der Waals surface area (Å²) in [5, 5.41) is 3.98. The van der Waals surface area contributed by atoms with Gasteiger partial charge < -0.3 is 0 Å². The van der Waals surface area contributed by atoms with Gasteiger partial charge in [-0.05, 0) is 6.92 Å². The fraction of sp³-hybridized carbons (Fsp3) is 1.00. The minimum Gasteiger partial charge on any atom is -0.285 e. The Labute approximate surface area is 37.5 Å². The summed E-state index contributed by atoms with van der Waals surface area (Å²) < 4.78 is 0. The molecule has 0 aromatic rings. The fourth-order valence-corrected chi connectivity index (χ4v) is 0.0962. The zero-order valence-electron chi connectivity index (χ0n) is 3.93. The third-order valence-electron chi connectivity index (χ3n) is 0.234. The Bertz CT molecular complexity index is 20.8. The van der Waals surface area contributed by atoms with Crippen molar-refractivity contribution in [2.45, 2.75) is 6.92 Å². The highest BCUT2D eigenvalue weighted by atomic mass is 17.5. The van der Waals surface area contributed by atoms with Crippen LogP contribution in [0.3, 0.4) is 0 Å². The number of hydrogen-bond donors (Lipinski definition) is 0. The molecule has 0 atom stereocenters. The maximum absolute atomic E-state index is 4.26. The lowest BCUT2D eigenvalue weighted by atomic mass is 10.6. The van der Waals surface area contributed by atoms with Crippen LogP contribution in [0.4, 0.5) is 0 Å². The molecule has 0 saturated heterocycles. The Hall–Kier alpha value is -0.0551. The highest BCUT2D eigenvalue weighted by molar-refractivity contribution is 5.97. The van der Waals surface area contributed by atoms with E-state index in [-0.39, 0.29) is 0 Å². The van der Waals surface area contributed by atoms with E-state index in [1.54, 1.807) is 6.92 Å². The molecule has 6 heavy (non-hydrogen) atoms. The van der Waals surface area contributed by atoms with E-state index in [2.05, 4.69) is 14.7 Å². The largest absolute Gasteiger partial charge is 0.310 e. The van der Waals surface area contributed by atoms with E-state index in [0.717, 1.165) is 0 Å². The zero-order valence-corrected chi connectivity index (χ0v) is 3.93. The molecule has 0 aliphatic rings. The summed E-state index contributed by atoms with van der Waals surface area (Å²) in [5.74, 6) is 0. The minimum absolute atomic E-state index is 0.508. The molecule has 4 heteroatoms. The van der Waals surface area contributed by atoms with Crippen LogP contribution in [-0.4, -0.2) is 14.7 Å². The molecule has 0 bridgehead atoms. The van der Waals surface area contributed by atoms with E-state index in [4.69, 9.17) is 0 Å². The smallest absolute Gasteiger partial charge is 0.285 e. The summed E-state index contributed by atoms with van der Waals surface area (Å²) >= 11 is 0. The second-order valence-electron chi connectivity index (χ2n) is 0.641. The molecule has 0 fully saturated rings. The highest BCUT2D eigenvalue weighted by Gasteiger charge is 1.72. The first-order valence-corrected chi connectivity index (χ1v) is 1.74. The van der Waals surface area contributed by atoms with Gasteiger partial charge in [-0.3, -0.25) is 4.81 Å². The average Bonchev–Trinajstić information content (AvgIpc) is 1.61. The molecule has 0 radical (unpaired) electrons. The van der Waals surface area contributed by atoms with Crippen molar-refractivity contribution >= 4 is 8.05 Å². The lowest BCUT2D eigenvalue weighted by molar-refractivity contribution is -0.465. The first-order valence-electron chi connectivity index (χ1n) is 1.74. The van der Waals surface area contributed by atoms with Crippen LogP contribution in [0.1, 0.15) is 6.92 Å². The van der Waals surface area contributed by atoms with Crippen LogP contribution in [0.5, 0.6) is 0 Å². The summed E-state index contributed by atoms with van der Waals surface area (Å²) in [5.41, 5.74) is 0. The molecule has 0 saturated carbocycles. The molecule has 0 spiro atoms. The van der Waals surface area contributed by atoms with Crippen LogP contribution >= 0.6 is 0 Å². The average molecular weight is 89.9 g/mol. The molecule has 0 heterocycles. The lowest BCUT2D eigenvalue weighted by Gasteiger charge is -1.91. The van der Waals surface area contributed by atoms with Crippen LogP contribution in [0.2, 0.25) is 0 Å². The van der Waals surface area contributed by atoms with E-state index >= 15 is 0 Å². The van der Waals surface area contributed by atoms with E-state index in [1.807, 2.05) is 0 Å². The molecule has 0 aliphatic heterocycles. The van der Waals surface area contributed by atoms with Crippen molar-refractivity contribution in [3.63, 3.8) is 0 Å². The molecule has 0 amide bonds. The van der Waals surface area contributed by atoms with Crippen molar-refractivity contribution in [1.82, 2.24) is 0 Å². The van der Waals surface area contributed by atoms with Gasteiger partial charge in [-0.2, -0.15) is 0 Å². The Morgan fingerprint density at radius 2 is 2.33 bits per heavy atom. The predicted molar refractivity (Wildman–Crippen MR) is 22.3 cm³/mol. The predicted octanol–water partition coefficient (Wildman–Crippen LogP) is -0.566. The summed E-state index contributed by atoms with van der Waals surface area (Å²) in [4.78, 5) is 8.32. The van der Waals surface area contributed by atoms with Gasteiger partial charge in [0, 0.05) is 0 Å². The van der Waals surface area contributed by atoms with Gasteiger partial charge in [-0.25, -0.2) is 4.89 Å². The normalized spacial score (nSPS) is 8.83. The summed E-state index contributed by atoms with van der Waals surface area (Å²) in [6, 6.07) is 0. The number of hydrogen-bond acceptors (Lipinski definition) is 3. The van der Waals surface area contributed by atoms with Crippen LogP contribution in [0.15, 0.2) is 0 Å². The summed E-state index contributed by atoms with van der Waals surface area (Å²) in [7, 11) is 1.38. The Kier molecular flexibility index (Phi) is 4.90. The highest BCUT2D eigenvalue weighted by Crippen LogP contribution is 1.71. The first kappa shape index (κ1) is 5.94. The molecular formula is C2H7BO3. The van der Waals surface area contributed by atoms with Gasteiger partial charge in [0.25, 0.3) is 0 Å². The van der Waals surface area contributed by atoms with Gasteiger partial charge >= 0.3 is 8.05 Å². The molecule has 0 aliphatic carbocycles. The molecule has 3 nitrogen and oxygen atoms in total. The Morgan fingerprint density at radius 1 is 1.67 bits per heavy atom. The summed E-state index contributed by atoms with van der Waals surface area (Å²) in [6.45, 7) is 2.31. The van der Waals surface area contributed by atoms with Crippen molar-refractivity contribution in [2.75, 3.05) is 6.61 Å². The van der Waals surface area contributed by atoms with Gasteiger partial charge in [0.05, 0.1) is 6.61 Å². The molecule has 0 unspecified atom stereocenters. The van der Waals surface area contributed by atoms with Gasteiger partial charge in [0.15, 0.2) is 0 Å². The van der Waals surface area contributed by atoms with Crippen molar-refractivity contribution in [1.29, 1.82) is 0 Å². The van der Waals surface area contributed by atoms with Crippen LogP contribution in [0, 0.1) is 0 Å². The van der Waals surface area contributed by atoms with Crippen molar-refractivity contribution in [3.05, 3.63) is 0 Å².